The number of hydrogen-bond acceptors (Lipinski definition) is 4. The zero-order valence-corrected chi connectivity index (χ0v) is 8.24. The zero-order valence-electron chi connectivity index (χ0n) is 8.24. The molecule has 2 heterocycles. The molecular weight excluding hydrogens is 196 g/mol. The van der Waals surface area contributed by atoms with Gasteiger partial charge in [0.2, 0.25) is 0 Å². The van der Waals surface area contributed by atoms with Crippen LogP contribution >= 0.6 is 0 Å². The van der Waals surface area contributed by atoms with E-state index in [-0.39, 0.29) is 0 Å². The van der Waals surface area contributed by atoms with E-state index in [1.54, 1.807) is 18.6 Å². The highest BCUT2D eigenvalue weighted by atomic mass is 16.6. The summed E-state index contributed by atoms with van der Waals surface area (Å²) in [6, 6.07) is 4.88. The van der Waals surface area contributed by atoms with Gasteiger partial charge >= 0.3 is 6.03 Å². The van der Waals surface area contributed by atoms with E-state index in [9.17, 15) is 0 Å². The molecule has 2 rings (SSSR count). The van der Waals surface area contributed by atoms with Gasteiger partial charge in [0.1, 0.15) is 6.61 Å². The Hall–Kier alpha value is -2.11. The molecule has 0 fully saturated rings. The first kappa shape index (κ1) is 12.9. The molecule has 0 bridgehead atoms. The highest BCUT2D eigenvalue weighted by Gasteiger charge is 1.86. The van der Waals surface area contributed by atoms with Gasteiger partial charge in [-0.3, -0.25) is 4.98 Å². The van der Waals surface area contributed by atoms with Crippen LogP contribution in [0.2, 0.25) is 0 Å². The van der Waals surface area contributed by atoms with Crippen LogP contribution in [0.1, 0.15) is 6.42 Å². The van der Waals surface area contributed by atoms with Crippen LogP contribution in [0.5, 0.6) is 0 Å². The van der Waals surface area contributed by atoms with E-state index < -0.39 is 6.03 Å². The number of hydrogen-bond donors (Lipinski definition) is 2. The van der Waals surface area contributed by atoms with E-state index in [2.05, 4.69) is 26.4 Å². The van der Waals surface area contributed by atoms with Crippen molar-refractivity contribution in [3.05, 3.63) is 30.6 Å². The Kier molecular flexibility index (Phi) is 8.57. The fraction of sp³-hybridized carbons (Fsp3) is 0.222. The number of nitrogens with two attached hydrogens (primary N) is 2. The maximum absolute atomic E-state index is 9.00. The van der Waals surface area contributed by atoms with Crippen LogP contribution < -0.4 is 11.5 Å². The van der Waals surface area contributed by atoms with Crippen LogP contribution in [0.25, 0.3) is 0 Å². The number of carbonyl (C=O) groups excluding carboxylic acids is 1. The predicted molar refractivity (Wildman–Crippen MR) is 57.1 cm³/mol. The Bertz CT molecular complexity index is 240. The van der Waals surface area contributed by atoms with Gasteiger partial charge in [0.15, 0.2) is 0 Å². The summed E-state index contributed by atoms with van der Waals surface area (Å²) in [5.41, 5.74) is 8.50. The van der Waals surface area contributed by atoms with Crippen molar-refractivity contribution < 1.29 is 9.63 Å². The lowest BCUT2D eigenvalue weighted by molar-refractivity contribution is 0.174. The normalized spacial score (nSPS) is 11.2. The number of amides is 2. The van der Waals surface area contributed by atoms with E-state index >= 15 is 0 Å². The number of carbonyl (C=O) groups is 1. The van der Waals surface area contributed by atoms with Crippen molar-refractivity contribution in [2.45, 2.75) is 6.42 Å². The number of nitrogens with zero attached hydrogens (tertiary/aromatic N) is 2. The van der Waals surface area contributed by atoms with E-state index in [0.29, 0.717) is 0 Å². The van der Waals surface area contributed by atoms with Crippen LogP contribution in [0, 0.1) is 0 Å². The first-order chi connectivity index (χ1) is 7.23. The van der Waals surface area contributed by atoms with Gasteiger partial charge in [-0.2, -0.15) is 0 Å². The van der Waals surface area contributed by atoms with E-state index in [1.807, 2.05) is 18.2 Å². The fourth-order valence-electron chi connectivity index (χ4n) is 0.576. The number of urea groups is 1. The van der Waals surface area contributed by atoms with Crippen molar-refractivity contribution in [3.63, 3.8) is 0 Å². The van der Waals surface area contributed by atoms with E-state index in [4.69, 9.17) is 4.79 Å². The summed E-state index contributed by atoms with van der Waals surface area (Å²) in [7, 11) is 0. The molecule has 15 heavy (non-hydrogen) atoms. The fourth-order valence-corrected chi connectivity index (χ4v) is 0.576. The molecule has 4 N–H and O–H groups in total. The molecule has 1 aromatic heterocycles. The SMILES string of the molecule is C1=NOCC1.NC(N)=O.c1ccncc1. The maximum Gasteiger partial charge on any atom is 0.309 e. The summed E-state index contributed by atoms with van der Waals surface area (Å²) in [6.07, 6.45) is 6.25. The second-order valence-corrected chi connectivity index (χ2v) is 2.34. The molecule has 0 spiro atoms. The number of oxime groups is 1. The molecule has 6 nitrogen and oxygen atoms in total. The molecule has 82 valence electrons. The smallest absolute Gasteiger partial charge is 0.309 e. The molecule has 1 aliphatic rings. The molecule has 0 unspecified atom stereocenters. The largest absolute Gasteiger partial charge is 0.396 e. The second kappa shape index (κ2) is 9.97. The third-order valence-corrected chi connectivity index (χ3v) is 1.05. The van der Waals surface area contributed by atoms with Crippen molar-refractivity contribution >= 4 is 12.2 Å². The molecule has 2 amide bonds. The molecular formula is C9H14N4O2. The van der Waals surface area contributed by atoms with Crippen molar-refractivity contribution in [3.8, 4) is 0 Å². The average Bonchev–Trinajstić information content (AvgIpc) is 2.77. The Balaban J connectivity index is 0.000000202. The third kappa shape index (κ3) is 14.7. The summed E-state index contributed by atoms with van der Waals surface area (Å²) in [6.45, 7) is 0.778. The highest BCUT2D eigenvalue weighted by molar-refractivity contribution is 5.69. The van der Waals surface area contributed by atoms with Gasteiger partial charge in [-0.05, 0) is 12.1 Å². The number of rotatable bonds is 0. The first-order valence-corrected chi connectivity index (χ1v) is 4.27. The predicted octanol–water partition coefficient (Wildman–Crippen LogP) is 0.498. The molecule has 0 aliphatic carbocycles. The van der Waals surface area contributed by atoms with Gasteiger partial charge in [-0.15, -0.1) is 0 Å². The summed E-state index contributed by atoms with van der Waals surface area (Å²) >= 11 is 0. The Morgan fingerprint density at radius 2 is 1.80 bits per heavy atom. The van der Waals surface area contributed by atoms with Gasteiger partial charge in [-0.25, -0.2) is 4.79 Å². The molecule has 1 aromatic rings. The molecule has 0 atom stereocenters. The molecule has 1 aliphatic heterocycles. The molecule has 0 radical (unpaired) electrons. The van der Waals surface area contributed by atoms with Crippen molar-refractivity contribution in [2.75, 3.05) is 6.61 Å². The lowest BCUT2D eigenvalue weighted by Gasteiger charge is -1.76. The molecule has 0 saturated heterocycles. The summed E-state index contributed by atoms with van der Waals surface area (Å²) in [4.78, 5) is 17.3. The van der Waals surface area contributed by atoms with Gasteiger partial charge in [0.25, 0.3) is 0 Å². The van der Waals surface area contributed by atoms with Gasteiger partial charge in [0, 0.05) is 25.0 Å². The monoisotopic (exact) mass is 210 g/mol. The van der Waals surface area contributed by atoms with Crippen LogP contribution in [-0.2, 0) is 4.84 Å². The van der Waals surface area contributed by atoms with Crippen LogP contribution in [-0.4, -0.2) is 23.8 Å². The quantitative estimate of drug-likeness (QED) is 0.651. The van der Waals surface area contributed by atoms with Crippen LogP contribution in [0.15, 0.2) is 35.7 Å². The zero-order chi connectivity index (χ0) is 11.4. The lowest BCUT2D eigenvalue weighted by Crippen LogP contribution is -2.18. The maximum atomic E-state index is 9.00. The Morgan fingerprint density at radius 1 is 1.20 bits per heavy atom. The van der Waals surface area contributed by atoms with Crippen LogP contribution in [0.4, 0.5) is 4.79 Å². The summed E-state index contributed by atoms with van der Waals surface area (Å²) in [5, 5.41) is 3.46. The number of primary amides is 2. The molecule has 0 aromatic carbocycles. The van der Waals surface area contributed by atoms with Crippen molar-refractivity contribution in [1.82, 2.24) is 4.98 Å². The number of pyridine rings is 1. The topological polar surface area (TPSA) is 104 Å². The first-order valence-electron chi connectivity index (χ1n) is 4.27. The van der Waals surface area contributed by atoms with E-state index in [1.165, 1.54) is 0 Å². The summed E-state index contributed by atoms with van der Waals surface area (Å²) in [5.74, 6) is 0. The standard InChI is InChI=1S/C5H5N.C3H5NO.CH4N2O/c1-2-4-6-5-3-1;1-2-4-5-3-1;2-1(3)4/h1-5H;2H,1,3H2;(H4,2,3,4). The minimum absolute atomic E-state index is 0.778. The third-order valence-electron chi connectivity index (χ3n) is 1.05. The van der Waals surface area contributed by atoms with Crippen LogP contribution in [0.3, 0.4) is 0 Å². The highest BCUT2D eigenvalue weighted by Crippen LogP contribution is 1.86. The minimum atomic E-state index is -0.833. The minimum Gasteiger partial charge on any atom is -0.396 e. The van der Waals surface area contributed by atoms with Crippen molar-refractivity contribution in [1.29, 1.82) is 0 Å². The van der Waals surface area contributed by atoms with E-state index in [0.717, 1.165) is 13.0 Å². The van der Waals surface area contributed by atoms with Gasteiger partial charge in [-0.1, -0.05) is 11.2 Å². The van der Waals surface area contributed by atoms with Gasteiger partial charge < -0.3 is 16.3 Å². The second-order valence-electron chi connectivity index (χ2n) is 2.34. The Morgan fingerprint density at radius 3 is 1.93 bits per heavy atom. The number of aromatic nitrogens is 1. The summed E-state index contributed by atoms with van der Waals surface area (Å²) < 4.78 is 0. The molecule has 6 heteroatoms. The average molecular weight is 210 g/mol. The lowest BCUT2D eigenvalue weighted by atomic mass is 10.5. The Labute approximate surface area is 87.9 Å². The molecule has 0 saturated carbocycles. The van der Waals surface area contributed by atoms with Crippen molar-refractivity contribution in [2.24, 2.45) is 16.6 Å². The van der Waals surface area contributed by atoms with Gasteiger partial charge in [0.05, 0.1) is 0 Å².